The van der Waals surface area contributed by atoms with Crippen molar-refractivity contribution < 1.29 is 4.74 Å². The Morgan fingerprint density at radius 1 is 1.20 bits per heavy atom. The first-order valence-corrected chi connectivity index (χ1v) is 8.79. The normalized spacial score (nSPS) is 16.4. The fourth-order valence-electron chi connectivity index (χ4n) is 3.88. The smallest absolute Gasteiger partial charge is 0.254 e. The number of benzene rings is 1. The minimum Gasteiger partial charge on any atom is -0.378 e. The van der Waals surface area contributed by atoms with Crippen LogP contribution in [0.4, 0.5) is 5.82 Å². The molecule has 1 fully saturated rings. The molecule has 1 saturated carbocycles. The quantitative estimate of drug-likeness (QED) is 0.748. The molecule has 6 heteroatoms. The molecule has 0 atom stereocenters. The van der Waals surface area contributed by atoms with E-state index in [2.05, 4.69) is 50.7 Å². The van der Waals surface area contributed by atoms with Crippen molar-refractivity contribution in [1.82, 2.24) is 19.6 Å². The van der Waals surface area contributed by atoms with Crippen molar-refractivity contribution in [1.29, 1.82) is 0 Å². The van der Waals surface area contributed by atoms with Gasteiger partial charge < -0.3 is 10.1 Å². The largest absolute Gasteiger partial charge is 0.378 e. The topological polar surface area (TPSA) is 64.3 Å². The van der Waals surface area contributed by atoms with Crippen molar-refractivity contribution >= 4 is 11.6 Å². The molecule has 0 bridgehead atoms. The number of anilines is 1. The van der Waals surface area contributed by atoms with Gasteiger partial charge in [-0.2, -0.15) is 14.6 Å². The highest BCUT2D eigenvalue weighted by Gasteiger charge is 2.35. The van der Waals surface area contributed by atoms with Gasteiger partial charge in [0.1, 0.15) is 12.1 Å². The first-order chi connectivity index (χ1) is 12.3. The molecule has 2 aromatic heterocycles. The number of aromatic nitrogens is 4. The van der Waals surface area contributed by atoms with Gasteiger partial charge in [-0.3, -0.25) is 0 Å². The van der Waals surface area contributed by atoms with Crippen LogP contribution in [0.25, 0.3) is 5.78 Å². The molecule has 130 valence electrons. The Morgan fingerprint density at radius 2 is 2.00 bits per heavy atom. The average Bonchev–Trinajstić information content (AvgIpc) is 3.31. The summed E-state index contributed by atoms with van der Waals surface area (Å²) in [5.74, 6) is 1.51. The number of nitrogens with one attached hydrogen (secondary N) is 1. The number of ether oxygens (including phenoxy) is 1. The van der Waals surface area contributed by atoms with E-state index in [9.17, 15) is 0 Å². The van der Waals surface area contributed by atoms with Gasteiger partial charge in [0.25, 0.3) is 5.78 Å². The van der Waals surface area contributed by atoms with Gasteiger partial charge in [-0.1, -0.05) is 43.2 Å². The zero-order chi connectivity index (χ0) is 17.1. The van der Waals surface area contributed by atoms with Crippen LogP contribution in [0.15, 0.2) is 42.7 Å². The first kappa shape index (κ1) is 16.0. The molecule has 1 aromatic carbocycles. The SMILES string of the molecule is COCc1cc(NCC2(c3ccccc3)CCCC2)n2ncnc2n1. The van der Waals surface area contributed by atoms with Crippen molar-refractivity contribution in [2.75, 3.05) is 19.0 Å². The van der Waals surface area contributed by atoms with Gasteiger partial charge in [-0.15, -0.1) is 0 Å². The summed E-state index contributed by atoms with van der Waals surface area (Å²) in [6, 6.07) is 12.8. The Morgan fingerprint density at radius 3 is 2.76 bits per heavy atom. The molecule has 0 aliphatic heterocycles. The zero-order valence-corrected chi connectivity index (χ0v) is 14.5. The Hall–Kier alpha value is -2.47. The number of rotatable bonds is 6. The van der Waals surface area contributed by atoms with E-state index in [0.29, 0.717) is 12.4 Å². The summed E-state index contributed by atoms with van der Waals surface area (Å²) < 4.78 is 6.98. The van der Waals surface area contributed by atoms with Crippen molar-refractivity contribution in [3.63, 3.8) is 0 Å². The van der Waals surface area contributed by atoms with Gasteiger partial charge in [0, 0.05) is 25.1 Å². The Balaban J connectivity index is 1.63. The molecule has 6 nitrogen and oxygen atoms in total. The molecule has 0 unspecified atom stereocenters. The molecular weight excluding hydrogens is 314 g/mol. The molecule has 3 aromatic rings. The van der Waals surface area contributed by atoms with E-state index < -0.39 is 0 Å². The van der Waals surface area contributed by atoms with Crippen molar-refractivity contribution in [3.05, 3.63) is 54.0 Å². The Kier molecular flexibility index (Phi) is 4.36. The third-order valence-electron chi connectivity index (χ3n) is 5.15. The van der Waals surface area contributed by atoms with Crippen LogP contribution >= 0.6 is 0 Å². The lowest BCUT2D eigenvalue weighted by atomic mass is 9.79. The number of fused-ring (bicyclic) bond motifs is 1. The summed E-state index contributed by atoms with van der Waals surface area (Å²) in [5, 5.41) is 7.92. The lowest BCUT2D eigenvalue weighted by Crippen LogP contribution is -2.32. The predicted octanol–water partition coefficient (Wildman–Crippen LogP) is 3.19. The number of hydrogen-bond donors (Lipinski definition) is 1. The summed E-state index contributed by atoms with van der Waals surface area (Å²) >= 11 is 0. The molecule has 0 radical (unpaired) electrons. The van der Waals surface area contributed by atoms with Gasteiger partial charge in [0.2, 0.25) is 0 Å². The van der Waals surface area contributed by atoms with Crippen LogP contribution in [0.1, 0.15) is 36.9 Å². The average molecular weight is 337 g/mol. The highest BCUT2D eigenvalue weighted by Crippen LogP contribution is 2.41. The van der Waals surface area contributed by atoms with Crippen LogP contribution in [-0.2, 0) is 16.8 Å². The second-order valence-corrected chi connectivity index (χ2v) is 6.74. The van der Waals surface area contributed by atoms with E-state index in [0.717, 1.165) is 18.1 Å². The monoisotopic (exact) mass is 337 g/mol. The highest BCUT2D eigenvalue weighted by atomic mass is 16.5. The molecular formula is C19H23N5O. The third-order valence-corrected chi connectivity index (χ3v) is 5.15. The lowest BCUT2D eigenvalue weighted by molar-refractivity contribution is 0.181. The van der Waals surface area contributed by atoms with Crippen LogP contribution in [0.3, 0.4) is 0 Å². The fraction of sp³-hybridized carbons (Fsp3) is 0.421. The van der Waals surface area contributed by atoms with Crippen LogP contribution < -0.4 is 5.32 Å². The molecule has 2 heterocycles. The van der Waals surface area contributed by atoms with Crippen LogP contribution in [-0.4, -0.2) is 33.2 Å². The van der Waals surface area contributed by atoms with Gasteiger partial charge in [-0.25, -0.2) is 4.98 Å². The zero-order valence-electron chi connectivity index (χ0n) is 14.5. The fourth-order valence-corrected chi connectivity index (χ4v) is 3.88. The Labute approximate surface area is 147 Å². The second-order valence-electron chi connectivity index (χ2n) is 6.74. The minimum atomic E-state index is 0.179. The summed E-state index contributed by atoms with van der Waals surface area (Å²) in [6.07, 6.45) is 6.51. The van der Waals surface area contributed by atoms with Crippen molar-refractivity contribution in [2.45, 2.75) is 37.7 Å². The van der Waals surface area contributed by atoms with E-state index in [4.69, 9.17) is 4.74 Å². The molecule has 4 rings (SSSR count). The van der Waals surface area contributed by atoms with Gasteiger partial charge in [0.15, 0.2) is 0 Å². The molecule has 0 spiro atoms. The van der Waals surface area contributed by atoms with Crippen LogP contribution in [0.2, 0.25) is 0 Å². The molecule has 1 N–H and O–H groups in total. The number of methoxy groups -OCH3 is 1. The molecule has 1 aliphatic rings. The molecule has 0 amide bonds. The maximum Gasteiger partial charge on any atom is 0.254 e. The van der Waals surface area contributed by atoms with Gasteiger partial charge in [0.05, 0.1) is 12.3 Å². The summed E-state index contributed by atoms with van der Waals surface area (Å²) in [7, 11) is 1.67. The number of nitrogens with zero attached hydrogens (tertiary/aromatic N) is 4. The van der Waals surface area contributed by atoms with Gasteiger partial charge in [-0.05, 0) is 18.4 Å². The summed E-state index contributed by atoms with van der Waals surface area (Å²) in [5.41, 5.74) is 2.45. The van der Waals surface area contributed by atoms with E-state index >= 15 is 0 Å². The minimum absolute atomic E-state index is 0.179. The van der Waals surface area contributed by atoms with Crippen molar-refractivity contribution in [3.8, 4) is 0 Å². The van der Waals surface area contributed by atoms with E-state index in [1.165, 1.54) is 37.6 Å². The van der Waals surface area contributed by atoms with E-state index in [1.54, 1.807) is 11.6 Å². The van der Waals surface area contributed by atoms with Crippen LogP contribution in [0, 0.1) is 0 Å². The van der Waals surface area contributed by atoms with Crippen LogP contribution in [0.5, 0.6) is 0 Å². The maximum atomic E-state index is 5.23. The summed E-state index contributed by atoms with van der Waals surface area (Å²) in [4.78, 5) is 8.69. The lowest BCUT2D eigenvalue weighted by Gasteiger charge is -2.30. The third kappa shape index (κ3) is 3.09. The maximum absolute atomic E-state index is 5.23. The number of hydrogen-bond acceptors (Lipinski definition) is 5. The predicted molar refractivity (Wildman–Crippen MR) is 96.6 cm³/mol. The first-order valence-electron chi connectivity index (χ1n) is 8.79. The molecule has 0 saturated heterocycles. The second kappa shape index (κ2) is 6.80. The molecule has 25 heavy (non-hydrogen) atoms. The summed E-state index contributed by atoms with van der Waals surface area (Å²) in [6.45, 7) is 1.34. The highest BCUT2D eigenvalue weighted by molar-refractivity contribution is 5.46. The van der Waals surface area contributed by atoms with Gasteiger partial charge >= 0.3 is 0 Å². The van der Waals surface area contributed by atoms with E-state index in [-0.39, 0.29) is 5.41 Å². The standard InChI is InChI=1S/C19H23N5O/c1-25-12-16-11-17(24-18(23-16)21-14-22-24)20-13-19(9-5-6-10-19)15-7-3-2-4-8-15/h2-4,7-8,11,14,20H,5-6,9-10,12-13H2,1H3. The Bertz CT molecular complexity index is 839. The van der Waals surface area contributed by atoms with E-state index in [1.807, 2.05) is 6.07 Å². The molecule has 1 aliphatic carbocycles. The van der Waals surface area contributed by atoms with Crippen molar-refractivity contribution in [2.24, 2.45) is 0 Å².